The van der Waals surface area contributed by atoms with Crippen LogP contribution in [0.4, 0.5) is 13.2 Å². The molecular formula is C14H24F3NO2. The zero-order chi connectivity index (χ0) is 14.6. The molecule has 0 aromatic heterocycles. The van der Waals surface area contributed by atoms with Gasteiger partial charge in [0.2, 0.25) is 0 Å². The largest absolute Gasteiger partial charge is 0.522 e. The Kier molecular flexibility index (Phi) is 5.69. The summed E-state index contributed by atoms with van der Waals surface area (Å²) in [5.74, 6) is 0.218. The van der Waals surface area contributed by atoms with Crippen molar-refractivity contribution in [2.24, 2.45) is 5.92 Å². The molecule has 0 amide bonds. The van der Waals surface area contributed by atoms with Crippen molar-refractivity contribution in [2.75, 3.05) is 19.7 Å². The summed E-state index contributed by atoms with van der Waals surface area (Å²) in [6.07, 6.45) is 2.25. The number of alkyl halides is 3. The maximum absolute atomic E-state index is 12.0. The second-order valence-electron chi connectivity index (χ2n) is 5.91. The van der Waals surface area contributed by atoms with Crippen LogP contribution in [0.1, 0.15) is 44.9 Å². The molecule has 1 N–H and O–H groups in total. The molecule has 118 valence electrons. The highest BCUT2D eigenvalue weighted by molar-refractivity contribution is 4.88. The fraction of sp³-hybridized carbons (Fsp3) is 1.00. The molecule has 2 rings (SSSR count). The van der Waals surface area contributed by atoms with E-state index in [4.69, 9.17) is 0 Å². The van der Waals surface area contributed by atoms with Crippen LogP contribution in [0, 0.1) is 5.92 Å². The van der Waals surface area contributed by atoms with Crippen molar-refractivity contribution in [3.05, 3.63) is 0 Å². The summed E-state index contributed by atoms with van der Waals surface area (Å²) in [6.45, 7) is 0.797. The fourth-order valence-corrected chi connectivity index (χ4v) is 3.65. The van der Waals surface area contributed by atoms with Crippen molar-refractivity contribution in [2.45, 2.75) is 63.5 Å². The van der Waals surface area contributed by atoms with Crippen LogP contribution in [0.5, 0.6) is 0 Å². The second kappa shape index (κ2) is 7.09. The summed E-state index contributed by atoms with van der Waals surface area (Å²) >= 11 is 0. The third kappa shape index (κ3) is 4.60. The Labute approximate surface area is 118 Å². The van der Waals surface area contributed by atoms with Gasteiger partial charge in [-0.15, -0.1) is 13.2 Å². The minimum atomic E-state index is -4.55. The highest BCUT2D eigenvalue weighted by Crippen LogP contribution is 2.34. The van der Waals surface area contributed by atoms with Gasteiger partial charge in [-0.3, -0.25) is 9.64 Å². The summed E-state index contributed by atoms with van der Waals surface area (Å²) in [5.41, 5.74) is 0. The van der Waals surface area contributed by atoms with Crippen molar-refractivity contribution in [1.82, 2.24) is 4.90 Å². The summed E-state index contributed by atoms with van der Waals surface area (Å²) in [6, 6.07) is 0.218. The molecule has 1 heterocycles. The molecule has 1 saturated carbocycles. The van der Waals surface area contributed by atoms with Gasteiger partial charge in [0, 0.05) is 18.5 Å². The number of hydrogen-bond donors (Lipinski definition) is 1. The third-order valence-corrected chi connectivity index (χ3v) is 4.58. The Bertz CT molecular complexity index is 299. The van der Waals surface area contributed by atoms with Gasteiger partial charge in [0.1, 0.15) is 0 Å². The Hall–Kier alpha value is -0.330. The van der Waals surface area contributed by atoms with Gasteiger partial charge in [0.25, 0.3) is 0 Å². The quantitative estimate of drug-likeness (QED) is 0.865. The van der Waals surface area contributed by atoms with E-state index in [1.807, 2.05) is 0 Å². The molecule has 3 unspecified atom stereocenters. The number of piperidine rings is 1. The molecule has 2 fully saturated rings. The maximum atomic E-state index is 12.0. The lowest BCUT2D eigenvalue weighted by Gasteiger charge is -2.43. The molecule has 1 saturated heterocycles. The molecule has 6 heteroatoms. The number of rotatable bonds is 4. The summed E-state index contributed by atoms with van der Waals surface area (Å²) < 4.78 is 40.0. The lowest BCUT2D eigenvalue weighted by atomic mass is 9.78. The lowest BCUT2D eigenvalue weighted by Crippen LogP contribution is -2.49. The Morgan fingerprint density at radius 1 is 1.05 bits per heavy atom. The molecule has 0 spiro atoms. The molecule has 0 radical (unpaired) electrons. The van der Waals surface area contributed by atoms with Gasteiger partial charge in [-0.1, -0.05) is 19.3 Å². The summed E-state index contributed by atoms with van der Waals surface area (Å²) in [5, 5.41) is 10.2. The van der Waals surface area contributed by atoms with Gasteiger partial charge in [-0.2, -0.15) is 0 Å². The average Bonchev–Trinajstić information content (AvgIpc) is 2.39. The normalized spacial score (nSPS) is 33.3. The Morgan fingerprint density at radius 3 is 2.45 bits per heavy atom. The van der Waals surface area contributed by atoms with E-state index in [9.17, 15) is 18.3 Å². The molecule has 20 heavy (non-hydrogen) atoms. The van der Waals surface area contributed by atoms with Crippen LogP contribution >= 0.6 is 0 Å². The predicted octanol–water partition coefficient (Wildman–Crippen LogP) is 2.93. The van der Waals surface area contributed by atoms with Gasteiger partial charge >= 0.3 is 6.36 Å². The average molecular weight is 295 g/mol. The van der Waals surface area contributed by atoms with Crippen molar-refractivity contribution in [3.8, 4) is 0 Å². The first-order valence-electron chi connectivity index (χ1n) is 7.60. The molecule has 0 aromatic carbocycles. The van der Waals surface area contributed by atoms with E-state index in [2.05, 4.69) is 9.64 Å². The topological polar surface area (TPSA) is 32.7 Å². The van der Waals surface area contributed by atoms with Crippen molar-refractivity contribution >= 4 is 0 Å². The number of aliphatic hydroxyl groups is 1. The number of aliphatic hydroxyl groups excluding tert-OH is 1. The van der Waals surface area contributed by atoms with E-state index in [-0.39, 0.29) is 24.7 Å². The Morgan fingerprint density at radius 2 is 1.75 bits per heavy atom. The van der Waals surface area contributed by atoms with Crippen LogP contribution in [0.15, 0.2) is 0 Å². The Balaban J connectivity index is 1.87. The SMILES string of the molecule is OC1CCCCC1C1CCCCN1CCOC(F)(F)F. The van der Waals surface area contributed by atoms with Crippen LogP contribution < -0.4 is 0 Å². The lowest BCUT2D eigenvalue weighted by molar-refractivity contribution is -0.325. The first kappa shape index (κ1) is 16.0. The molecule has 0 bridgehead atoms. The van der Waals surface area contributed by atoms with Gasteiger partial charge in [-0.25, -0.2) is 0 Å². The summed E-state index contributed by atoms with van der Waals surface area (Å²) in [7, 11) is 0. The van der Waals surface area contributed by atoms with E-state index in [0.717, 1.165) is 51.5 Å². The van der Waals surface area contributed by atoms with Gasteiger partial charge in [0.15, 0.2) is 0 Å². The predicted molar refractivity (Wildman–Crippen MR) is 69.2 cm³/mol. The molecule has 1 aliphatic carbocycles. The number of ether oxygens (including phenoxy) is 1. The number of hydrogen-bond acceptors (Lipinski definition) is 3. The van der Waals surface area contributed by atoms with Crippen molar-refractivity contribution in [1.29, 1.82) is 0 Å². The molecule has 3 nitrogen and oxygen atoms in total. The molecular weight excluding hydrogens is 271 g/mol. The second-order valence-corrected chi connectivity index (χ2v) is 5.91. The zero-order valence-corrected chi connectivity index (χ0v) is 11.7. The monoisotopic (exact) mass is 295 g/mol. The molecule has 0 aromatic rings. The maximum Gasteiger partial charge on any atom is 0.522 e. The number of nitrogens with zero attached hydrogens (tertiary/aromatic N) is 1. The van der Waals surface area contributed by atoms with Gasteiger partial charge < -0.3 is 5.11 Å². The van der Waals surface area contributed by atoms with Gasteiger partial charge in [0.05, 0.1) is 12.7 Å². The van der Waals surface area contributed by atoms with Crippen LogP contribution in [0.25, 0.3) is 0 Å². The van der Waals surface area contributed by atoms with E-state index in [1.54, 1.807) is 0 Å². The minimum Gasteiger partial charge on any atom is -0.393 e. The minimum absolute atomic E-state index is 0.218. The molecule has 2 aliphatic rings. The molecule has 1 aliphatic heterocycles. The van der Waals surface area contributed by atoms with Crippen LogP contribution in [0.3, 0.4) is 0 Å². The van der Waals surface area contributed by atoms with Gasteiger partial charge in [-0.05, 0) is 32.2 Å². The summed E-state index contributed by atoms with van der Waals surface area (Å²) in [4.78, 5) is 2.09. The van der Waals surface area contributed by atoms with E-state index in [0.29, 0.717) is 6.54 Å². The van der Waals surface area contributed by atoms with Crippen molar-refractivity contribution < 1.29 is 23.0 Å². The number of likely N-dealkylation sites (tertiary alicyclic amines) is 1. The van der Waals surface area contributed by atoms with Crippen molar-refractivity contribution in [3.63, 3.8) is 0 Å². The molecule has 3 atom stereocenters. The number of halogens is 3. The zero-order valence-electron chi connectivity index (χ0n) is 11.7. The highest BCUT2D eigenvalue weighted by atomic mass is 19.4. The van der Waals surface area contributed by atoms with E-state index >= 15 is 0 Å². The van der Waals surface area contributed by atoms with Crippen LogP contribution in [0.2, 0.25) is 0 Å². The first-order chi connectivity index (χ1) is 9.47. The standard InChI is InChI=1S/C14H24F3NO2/c15-14(16,17)20-10-9-18-8-4-3-6-12(18)11-5-1-2-7-13(11)19/h11-13,19H,1-10H2. The highest BCUT2D eigenvalue weighted by Gasteiger charge is 2.36. The van der Waals surface area contributed by atoms with Crippen LogP contribution in [-0.4, -0.2) is 48.2 Å². The smallest absolute Gasteiger partial charge is 0.393 e. The van der Waals surface area contributed by atoms with Crippen LogP contribution in [-0.2, 0) is 4.74 Å². The third-order valence-electron chi connectivity index (χ3n) is 4.58. The fourth-order valence-electron chi connectivity index (χ4n) is 3.65. The van der Waals surface area contributed by atoms with E-state index < -0.39 is 6.36 Å². The van der Waals surface area contributed by atoms with E-state index in [1.165, 1.54) is 0 Å². The first-order valence-corrected chi connectivity index (χ1v) is 7.60.